The van der Waals surface area contributed by atoms with Crippen LogP contribution in [0.15, 0.2) is 29.6 Å². The highest BCUT2D eigenvalue weighted by atomic mass is 32.1. The number of hydrogen-bond acceptors (Lipinski definition) is 6. The van der Waals surface area contributed by atoms with Crippen molar-refractivity contribution in [2.75, 3.05) is 5.32 Å². The molecule has 128 valence electrons. The Balaban J connectivity index is 1.84. The minimum Gasteiger partial charge on any atom is -0.545 e. The van der Waals surface area contributed by atoms with E-state index in [2.05, 4.69) is 15.3 Å². The summed E-state index contributed by atoms with van der Waals surface area (Å²) in [4.78, 5) is 30.3. The van der Waals surface area contributed by atoms with Crippen molar-refractivity contribution in [1.29, 1.82) is 0 Å². The quantitative estimate of drug-likeness (QED) is 0.686. The molecule has 0 saturated carbocycles. The molecule has 0 saturated heterocycles. The van der Waals surface area contributed by atoms with Gasteiger partial charge in [0.2, 0.25) is 0 Å². The largest absolute Gasteiger partial charge is 0.545 e. The molecule has 3 rings (SSSR count). The average Bonchev–Trinajstić information content (AvgIpc) is 3.12. The number of carbonyl (C=O) groups excluding carboxylic acids is 2. The fourth-order valence-electron chi connectivity index (χ4n) is 2.79. The zero-order valence-corrected chi connectivity index (χ0v) is 14.8. The second kappa shape index (κ2) is 6.52. The summed E-state index contributed by atoms with van der Waals surface area (Å²) in [6, 6.07) is 6.27. The van der Waals surface area contributed by atoms with Crippen molar-refractivity contribution < 1.29 is 14.7 Å². The van der Waals surface area contributed by atoms with Crippen LogP contribution in [0.2, 0.25) is 0 Å². The number of hydrogen-bond donors (Lipinski definition) is 2. The number of aromatic nitrogens is 2. The summed E-state index contributed by atoms with van der Waals surface area (Å²) >= 11 is 1.43. The summed E-state index contributed by atoms with van der Waals surface area (Å²) in [6.45, 7) is 5.33. The number of carboxylic acids is 1. The van der Waals surface area contributed by atoms with Crippen molar-refractivity contribution in [3.8, 4) is 11.4 Å². The maximum Gasteiger partial charge on any atom is 0.187 e. The molecule has 0 aliphatic rings. The van der Waals surface area contributed by atoms with Crippen molar-refractivity contribution in [2.24, 2.45) is 0 Å². The lowest BCUT2D eigenvalue weighted by molar-refractivity contribution is -0.255. The maximum absolute atomic E-state index is 11.8. The topological polar surface area (TPSA) is 97.9 Å². The third-order valence-corrected chi connectivity index (χ3v) is 4.68. The standard InChI is InChI=1S/C18H17N3O3S/c1-9-15(11(3)22)10(2)19-16(9)14-8-25-18(21-14)20-13-6-4-12(5-7-13)17(23)24/h4-8,19H,1-3H3,(H,20,21)(H,23,24)/p-1. The fourth-order valence-corrected chi connectivity index (χ4v) is 3.51. The van der Waals surface area contributed by atoms with Gasteiger partial charge in [-0.3, -0.25) is 4.79 Å². The smallest absolute Gasteiger partial charge is 0.187 e. The maximum atomic E-state index is 11.8. The fraction of sp³-hybridized carbons (Fsp3) is 0.167. The van der Waals surface area contributed by atoms with Gasteiger partial charge in [0.05, 0.1) is 11.7 Å². The first-order valence-electron chi connectivity index (χ1n) is 7.61. The Kier molecular flexibility index (Phi) is 4.41. The molecular formula is C18H16N3O3S-. The van der Waals surface area contributed by atoms with E-state index >= 15 is 0 Å². The van der Waals surface area contributed by atoms with Crippen molar-refractivity contribution in [1.82, 2.24) is 9.97 Å². The van der Waals surface area contributed by atoms with Gasteiger partial charge >= 0.3 is 0 Å². The van der Waals surface area contributed by atoms with Gasteiger partial charge in [-0.25, -0.2) is 4.98 Å². The van der Waals surface area contributed by atoms with Crippen LogP contribution in [-0.2, 0) is 0 Å². The molecule has 3 aromatic rings. The van der Waals surface area contributed by atoms with Crippen molar-refractivity contribution in [2.45, 2.75) is 20.8 Å². The minimum atomic E-state index is -1.21. The number of aryl methyl sites for hydroxylation is 1. The Labute approximate surface area is 148 Å². The van der Waals surface area contributed by atoms with Gasteiger partial charge in [-0.05, 0) is 44.0 Å². The van der Waals surface area contributed by atoms with Gasteiger partial charge in [-0.15, -0.1) is 11.3 Å². The molecule has 0 atom stereocenters. The molecule has 2 N–H and O–H groups in total. The lowest BCUT2D eigenvalue weighted by Crippen LogP contribution is -2.21. The van der Waals surface area contributed by atoms with Crippen molar-refractivity contribution >= 4 is 33.9 Å². The molecule has 0 amide bonds. The number of aromatic amines is 1. The molecule has 0 bridgehead atoms. The number of H-pyrrole nitrogens is 1. The first-order chi connectivity index (χ1) is 11.9. The number of anilines is 2. The van der Waals surface area contributed by atoms with Gasteiger partial charge in [-0.2, -0.15) is 0 Å². The molecule has 0 radical (unpaired) electrons. The molecule has 6 nitrogen and oxygen atoms in total. The average molecular weight is 354 g/mol. The van der Waals surface area contributed by atoms with Gasteiger partial charge in [0.1, 0.15) is 5.69 Å². The number of nitrogens with one attached hydrogen (secondary N) is 2. The Morgan fingerprint density at radius 1 is 1.20 bits per heavy atom. The Hall–Kier alpha value is -2.93. The molecule has 7 heteroatoms. The van der Waals surface area contributed by atoms with Crippen LogP contribution in [0, 0.1) is 13.8 Å². The van der Waals surface area contributed by atoms with E-state index in [1.54, 1.807) is 19.1 Å². The van der Waals surface area contributed by atoms with Gasteiger partial charge < -0.3 is 20.2 Å². The minimum absolute atomic E-state index is 0.0269. The van der Waals surface area contributed by atoms with E-state index in [0.29, 0.717) is 10.7 Å². The summed E-state index contributed by atoms with van der Waals surface area (Å²) < 4.78 is 0. The zero-order valence-electron chi connectivity index (χ0n) is 14.0. The number of thiazole rings is 1. The highest BCUT2D eigenvalue weighted by molar-refractivity contribution is 7.14. The van der Waals surface area contributed by atoms with Crippen molar-refractivity contribution in [3.63, 3.8) is 0 Å². The summed E-state index contributed by atoms with van der Waals surface area (Å²) in [5.41, 5.74) is 4.87. The molecule has 0 aliphatic heterocycles. The number of rotatable bonds is 5. The second-order valence-corrected chi connectivity index (χ2v) is 6.57. The molecule has 25 heavy (non-hydrogen) atoms. The molecular weight excluding hydrogens is 338 g/mol. The van der Waals surface area contributed by atoms with Crippen LogP contribution in [0.25, 0.3) is 11.4 Å². The number of carboxylic acid groups (broad SMARTS) is 1. The van der Waals surface area contributed by atoms with E-state index in [9.17, 15) is 14.7 Å². The van der Waals surface area contributed by atoms with Crippen LogP contribution in [0.4, 0.5) is 10.8 Å². The van der Waals surface area contributed by atoms with Crippen LogP contribution >= 0.6 is 11.3 Å². The van der Waals surface area contributed by atoms with E-state index in [4.69, 9.17) is 0 Å². The Bertz CT molecular complexity index is 955. The highest BCUT2D eigenvalue weighted by Crippen LogP contribution is 2.31. The van der Waals surface area contributed by atoms with Gasteiger partial charge in [0, 0.05) is 22.3 Å². The van der Waals surface area contributed by atoms with E-state index in [-0.39, 0.29) is 11.3 Å². The van der Waals surface area contributed by atoms with E-state index in [0.717, 1.165) is 28.3 Å². The normalized spacial score (nSPS) is 10.7. The SMILES string of the molecule is CC(=O)c1c(C)[nH]c(-c2csc(Nc3ccc(C(=O)[O-])cc3)n2)c1C. The summed E-state index contributed by atoms with van der Waals surface area (Å²) in [5, 5.41) is 16.5. The van der Waals surface area contributed by atoms with E-state index in [1.807, 2.05) is 19.2 Å². The van der Waals surface area contributed by atoms with Gasteiger partial charge in [0.15, 0.2) is 10.9 Å². The summed E-state index contributed by atoms with van der Waals surface area (Å²) in [7, 11) is 0. The highest BCUT2D eigenvalue weighted by Gasteiger charge is 2.17. The number of aromatic carboxylic acids is 1. The molecule has 0 fully saturated rings. The van der Waals surface area contributed by atoms with Crippen molar-refractivity contribution in [3.05, 3.63) is 52.0 Å². The van der Waals surface area contributed by atoms with Gasteiger partial charge in [-0.1, -0.05) is 12.1 Å². The monoisotopic (exact) mass is 354 g/mol. The summed E-state index contributed by atoms with van der Waals surface area (Å²) in [6.07, 6.45) is 0. The number of nitrogens with zero attached hydrogens (tertiary/aromatic N) is 1. The second-order valence-electron chi connectivity index (χ2n) is 5.71. The van der Waals surface area contributed by atoms with Crippen LogP contribution in [0.5, 0.6) is 0 Å². The number of Topliss-reactive ketones (excluding diaryl/α,β-unsaturated/α-hetero) is 1. The zero-order chi connectivity index (χ0) is 18.1. The number of ketones is 1. The van der Waals surface area contributed by atoms with Crippen LogP contribution in [-0.4, -0.2) is 21.7 Å². The summed E-state index contributed by atoms with van der Waals surface area (Å²) in [5.74, 6) is -1.18. The van der Waals surface area contributed by atoms with Crippen LogP contribution < -0.4 is 10.4 Å². The van der Waals surface area contributed by atoms with Crippen LogP contribution in [0.3, 0.4) is 0 Å². The predicted octanol–water partition coefficient (Wildman–Crippen LogP) is 3.06. The number of carbonyl (C=O) groups is 2. The molecule has 1 aromatic carbocycles. The molecule has 0 spiro atoms. The molecule has 0 aliphatic carbocycles. The van der Waals surface area contributed by atoms with E-state index < -0.39 is 5.97 Å². The lowest BCUT2D eigenvalue weighted by Gasteiger charge is -2.05. The third kappa shape index (κ3) is 3.32. The van der Waals surface area contributed by atoms with E-state index in [1.165, 1.54) is 23.5 Å². The van der Waals surface area contributed by atoms with Crippen LogP contribution in [0.1, 0.15) is 38.9 Å². The first-order valence-corrected chi connectivity index (χ1v) is 8.49. The Morgan fingerprint density at radius 3 is 2.44 bits per heavy atom. The van der Waals surface area contributed by atoms with Gasteiger partial charge in [0.25, 0.3) is 0 Å². The third-order valence-electron chi connectivity index (χ3n) is 3.92. The molecule has 2 heterocycles. The first kappa shape index (κ1) is 16.9. The lowest BCUT2D eigenvalue weighted by atomic mass is 10.1. The predicted molar refractivity (Wildman–Crippen MR) is 95.4 cm³/mol. The Morgan fingerprint density at radius 2 is 1.88 bits per heavy atom. The molecule has 0 unspecified atom stereocenters. The number of benzene rings is 1. The molecule has 2 aromatic heterocycles.